The molecule has 0 saturated heterocycles. The molecule has 208 valence electrons. The van der Waals surface area contributed by atoms with E-state index in [4.69, 9.17) is 9.47 Å². The first-order valence-electron chi connectivity index (χ1n) is 12.2. The minimum atomic E-state index is -3.90. The van der Waals surface area contributed by atoms with Gasteiger partial charge in [-0.1, -0.05) is 25.1 Å². The molecule has 0 aliphatic heterocycles. The van der Waals surface area contributed by atoms with Crippen molar-refractivity contribution in [2.24, 2.45) is 0 Å². The number of halogens is 1. The normalized spacial score (nSPS) is 11.8. The molecule has 39 heavy (non-hydrogen) atoms. The van der Waals surface area contributed by atoms with Crippen molar-refractivity contribution in [3.63, 3.8) is 0 Å². The van der Waals surface area contributed by atoms with Crippen LogP contribution in [0.15, 0.2) is 66.7 Å². The maximum atomic E-state index is 13.4. The summed E-state index contributed by atoms with van der Waals surface area (Å²) in [5.41, 5.74) is 1.54. The molecule has 0 aromatic heterocycles. The quantitative estimate of drug-likeness (QED) is 0.348. The molecule has 3 aromatic carbocycles. The summed E-state index contributed by atoms with van der Waals surface area (Å²) in [7, 11) is -0.798. The summed E-state index contributed by atoms with van der Waals surface area (Å²) < 4.78 is 50.2. The number of para-hydroxylation sites is 1. The van der Waals surface area contributed by atoms with E-state index >= 15 is 0 Å². The first kappa shape index (κ1) is 29.4. The third-order valence-electron chi connectivity index (χ3n) is 5.99. The monoisotopic (exact) mass is 557 g/mol. The van der Waals surface area contributed by atoms with Gasteiger partial charge in [-0.2, -0.15) is 0 Å². The average molecular weight is 558 g/mol. The van der Waals surface area contributed by atoms with Crippen molar-refractivity contribution < 1.29 is 31.9 Å². The molecule has 0 aliphatic carbocycles. The van der Waals surface area contributed by atoms with Crippen LogP contribution in [-0.2, 0) is 21.2 Å². The minimum absolute atomic E-state index is 0.135. The van der Waals surface area contributed by atoms with Crippen molar-refractivity contribution in [1.29, 1.82) is 0 Å². The number of carbonyl (C=O) groups excluding carboxylic acids is 2. The Kier molecular flexibility index (Phi) is 9.89. The van der Waals surface area contributed by atoms with E-state index in [1.165, 1.54) is 12.1 Å². The van der Waals surface area contributed by atoms with Crippen LogP contribution in [0.4, 0.5) is 15.8 Å². The van der Waals surface area contributed by atoms with Crippen molar-refractivity contribution in [3.05, 3.63) is 83.7 Å². The molecular formula is C28H32FN3O6S. The number of hydrogen-bond donors (Lipinski definition) is 2. The number of nitrogens with one attached hydrogen (secondary N) is 2. The number of amides is 2. The molecule has 0 aliphatic rings. The summed E-state index contributed by atoms with van der Waals surface area (Å²) in [5.74, 6) is -0.371. The number of sulfonamides is 1. The van der Waals surface area contributed by atoms with Gasteiger partial charge in [0.05, 0.1) is 37.4 Å². The SMILES string of the molecule is CCC(C(=O)Nc1ccccc1C(=O)NCCc1ccc(OC)c(OC)c1)N(c1ccc(F)cc1)S(C)(=O)=O. The molecule has 0 fully saturated rings. The number of rotatable bonds is 12. The number of ether oxygens (including phenoxy) is 2. The maximum Gasteiger partial charge on any atom is 0.253 e. The smallest absolute Gasteiger partial charge is 0.253 e. The lowest BCUT2D eigenvalue weighted by Gasteiger charge is -2.30. The molecular weight excluding hydrogens is 525 g/mol. The molecule has 2 amide bonds. The van der Waals surface area contributed by atoms with Gasteiger partial charge in [0.1, 0.15) is 11.9 Å². The van der Waals surface area contributed by atoms with Gasteiger partial charge in [0.15, 0.2) is 11.5 Å². The van der Waals surface area contributed by atoms with Crippen molar-refractivity contribution in [3.8, 4) is 11.5 Å². The topological polar surface area (TPSA) is 114 Å². The lowest BCUT2D eigenvalue weighted by Crippen LogP contribution is -2.47. The summed E-state index contributed by atoms with van der Waals surface area (Å²) in [6.45, 7) is 1.99. The highest BCUT2D eigenvalue weighted by atomic mass is 32.2. The summed E-state index contributed by atoms with van der Waals surface area (Å²) >= 11 is 0. The van der Waals surface area contributed by atoms with E-state index in [-0.39, 0.29) is 23.4 Å². The molecule has 0 heterocycles. The number of anilines is 2. The molecule has 0 saturated carbocycles. The molecule has 0 bridgehead atoms. The molecule has 0 radical (unpaired) electrons. The summed E-state index contributed by atoms with van der Waals surface area (Å²) in [6, 6.07) is 15.7. The molecule has 2 N–H and O–H groups in total. The standard InChI is InChI=1S/C28H32FN3O6S/c1-5-24(32(39(4,35)36)21-13-11-20(29)12-14-21)28(34)31-23-9-7-6-8-22(23)27(33)30-17-16-19-10-15-25(37-2)26(18-19)38-3/h6-15,18,24H,5,16-17H2,1-4H3,(H,30,33)(H,31,34). The molecule has 1 unspecified atom stereocenters. The summed E-state index contributed by atoms with van der Waals surface area (Å²) in [6.07, 6.45) is 1.64. The number of carbonyl (C=O) groups is 2. The second-order valence-corrected chi connectivity index (χ2v) is 10.5. The van der Waals surface area contributed by atoms with E-state index < -0.39 is 33.7 Å². The Balaban J connectivity index is 1.74. The van der Waals surface area contributed by atoms with Crippen molar-refractivity contribution >= 4 is 33.2 Å². The first-order valence-corrected chi connectivity index (χ1v) is 14.1. The van der Waals surface area contributed by atoms with Gasteiger partial charge >= 0.3 is 0 Å². The molecule has 9 nitrogen and oxygen atoms in total. The van der Waals surface area contributed by atoms with Gasteiger partial charge < -0.3 is 20.1 Å². The molecule has 0 spiro atoms. The van der Waals surface area contributed by atoms with Crippen LogP contribution in [0.5, 0.6) is 11.5 Å². The van der Waals surface area contributed by atoms with Crippen molar-refractivity contribution in [2.75, 3.05) is 36.6 Å². The fraction of sp³-hybridized carbons (Fsp3) is 0.286. The van der Waals surface area contributed by atoms with Gasteiger partial charge in [-0.15, -0.1) is 0 Å². The van der Waals surface area contributed by atoms with Crippen LogP contribution >= 0.6 is 0 Å². The maximum absolute atomic E-state index is 13.4. The van der Waals surface area contributed by atoms with Gasteiger partial charge in [-0.25, -0.2) is 12.8 Å². The van der Waals surface area contributed by atoms with Crippen LogP contribution < -0.4 is 24.4 Å². The van der Waals surface area contributed by atoms with E-state index in [2.05, 4.69) is 10.6 Å². The zero-order chi connectivity index (χ0) is 28.6. The molecule has 3 aromatic rings. The van der Waals surface area contributed by atoms with Gasteiger partial charge in [0, 0.05) is 6.54 Å². The lowest BCUT2D eigenvalue weighted by molar-refractivity contribution is -0.117. The number of methoxy groups -OCH3 is 2. The second-order valence-electron chi connectivity index (χ2n) is 8.69. The zero-order valence-electron chi connectivity index (χ0n) is 22.2. The van der Waals surface area contributed by atoms with Crippen LogP contribution in [0, 0.1) is 5.82 Å². The van der Waals surface area contributed by atoms with Crippen LogP contribution in [0.25, 0.3) is 0 Å². The third kappa shape index (κ3) is 7.47. The highest BCUT2D eigenvalue weighted by molar-refractivity contribution is 7.92. The first-order chi connectivity index (χ1) is 18.6. The largest absolute Gasteiger partial charge is 0.493 e. The predicted octanol–water partition coefficient (Wildman–Crippen LogP) is 4.00. The fourth-order valence-corrected chi connectivity index (χ4v) is 5.32. The summed E-state index contributed by atoms with van der Waals surface area (Å²) in [5, 5.41) is 5.55. The van der Waals surface area contributed by atoms with Crippen molar-refractivity contribution in [2.45, 2.75) is 25.8 Å². The number of hydrogen-bond acceptors (Lipinski definition) is 6. The molecule has 11 heteroatoms. The van der Waals surface area contributed by atoms with E-state index in [0.717, 1.165) is 28.3 Å². The Morgan fingerprint density at radius 2 is 1.64 bits per heavy atom. The average Bonchev–Trinajstić information content (AvgIpc) is 2.91. The Hall–Kier alpha value is -4.12. The molecule has 3 rings (SSSR count). The second kappa shape index (κ2) is 13.1. The Morgan fingerprint density at radius 1 is 0.974 bits per heavy atom. The Morgan fingerprint density at radius 3 is 2.26 bits per heavy atom. The van der Waals surface area contributed by atoms with E-state index in [1.54, 1.807) is 51.5 Å². The van der Waals surface area contributed by atoms with Crippen LogP contribution in [0.1, 0.15) is 29.3 Å². The highest BCUT2D eigenvalue weighted by Crippen LogP contribution is 2.28. The fourth-order valence-electron chi connectivity index (χ4n) is 4.11. The van der Waals surface area contributed by atoms with Gasteiger partial charge in [0.2, 0.25) is 15.9 Å². The summed E-state index contributed by atoms with van der Waals surface area (Å²) in [4.78, 5) is 26.3. The zero-order valence-corrected chi connectivity index (χ0v) is 23.0. The predicted molar refractivity (Wildman–Crippen MR) is 148 cm³/mol. The minimum Gasteiger partial charge on any atom is -0.493 e. The number of nitrogens with zero attached hydrogens (tertiary/aromatic N) is 1. The lowest BCUT2D eigenvalue weighted by atomic mass is 10.1. The van der Waals surface area contributed by atoms with Crippen molar-refractivity contribution in [1.82, 2.24) is 5.32 Å². The van der Waals surface area contributed by atoms with E-state index in [0.29, 0.717) is 24.5 Å². The van der Waals surface area contributed by atoms with Crippen LogP contribution in [0.2, 0.25) is 0 Å². The van der Waals surface area contributed by atoms with Crippen LogP contribution in [0.3, 0.4) is 0 Å². The van der Waals surface area contributed by atoms with E-state index in [9.17, 15) is 22.4 Å². The van der Waals surface area contributed by atoms with Gasteiger partial charge in [-0.3, -0.25) is 13.9 Å². The van der Waals surface area contributed by atoms with Crippen LogP contribution in [-0.4, -0.2) is 53.3 Å². The van der Waals surface area contributed by atoms with E-state index in [1.807, 2.05) is 12.1 Å². The Bertz CT molecular complexity index is 1410. The number of benzene rings is 3. The van der Waals surface area contributed by atoms with Gasteiger partial charge in [0.25, 0.3) is 5.91 Å². The highest BCUT2D eigenvalue weighted by Gasteiger charge is 2.32. The Labute approximate surface area is 228 Å². The third-order valence-corrected chi connectivity index (χ3v) is 7.17. The van der Waals surface area contributed by atoms with Gasteiger partial charge in [-0.05, 0) is 66.9 Å². The molecule has 1 atom stereocenters.